The van der Waals surface area contributed by atoms with Crippen LogP contribution in [0.25, 0.3) is 0 Å². The van der Waals surface area contributed by atoms with Gasteiger partial charge in [0.25, 0.3) is 0 Å². The largest absolute Gasteiger partial charge is 0.393 e. The molecule has 10 heteroatoms. The second-order valence-corrected chi connectivity index (χ2v) is 10.5. The third kappa shape index (κ3) is 9.47. The van der Waals surface area contributed by atoms with E-state index in [1.54, 1.807) is 14.2 Å². The van der Waals surface area contributed by atoms with Crippen LogP contribution in [0.15, 0.2) is 18.2 Å². The highest BCUT2D eigenvalue weighted by Gasteiger charge is 2.28. The molecule has 3 amide bonds. The molecule has 0 spiro atoms. The number of aliphatic hydroxyl groups is 1. The average Bonchev–Trinajstić information content (AvgIpc) is 2.95. The van der Waals surface area contributed by atoms with Crippen LogP contribution in [0.3, 0.4) is 0 Å². The number of nitrogens with zero attached hydrogens (tertiary/aromatic N) is 3. The summed E-state index contributed by atoms with van der Waals surface area (Å²) in [6.45, 7) is 3.46. The molecule has 2 fully saturated rings. The molecule has 0 bridgehead atoms. The van der Waals surface area contributed by atoms with Gasteiger partial charge < -0.3 is 29.3 Å². The van der Waals surface area contributed by atoms with Gasteiger partial charge >= 0.3 is 0 Å². The maximum Gasteiger partial charge on any atom is 0.249 e. The lowest BCUT2D eigenvalue weighted by Crippen LogP contribution is -2.46. The van der Waals surface area contributed by atoms with Gasteiger partial charge in [0.05, 0.1) is 17.5 Å². The molecule has 2 N–H and O–H groups in total. The van der Waals surface area contributed by atoms with Crippen molar-refractivity contribution in [3.8, 4) is 0 Å². The molecule has 1 aromatic carbocycles. The molecule has 3 rings (SSSR count). The first-order chi connectivity index (χ1) is 18.8. The summed E-state index contributed by atoms with van der Waals surface area (Å²) in [5, 5.41) is 11.9. The Kier molecular flexibility index (Phi) is 14.3. The van der Waals surface area contributed by atoms with Crippen LogP contribution < -0.4 is 20.0 Å². The number of methoxy groups -OCH3 is 2. The standard InChI is InChI=1S/C20H30N4O4.C9H18O2/c1-4-5-18(20(28)21-13-25)24(14-26)17-7-6-15(12-19(17)22(2)3)23-10-8-16(27)9-11-23;1-10-9(11-2)8-6-4-3-5-7-8/h6-7,12-14,16,18,27H,4-5,8-11H2,1-3H3,(H,21,25,28);8-9H,3-7H2,1-2H3. The maximum absolute atomic E-state index is 12.3. The van der Waals surface area contributed by atoms with E-state index < -0.39 is 11.9 Å². The lowest BCUT2D eigenvalue weighted by molar-refractivity contribution is -0.143. The lowest BCUT2D eigenvalue weighted by Gasteiger charge is -2.34. The quantitative estimate of drug-likeness (QED) is 0.302. The van der Waals surface area contributed by atoms with E-state index in [2.05, 4.69) is 10.2 Å². The van der Waals surface area contributed by atoms with Gasteiger partial charge in [0.1, 0.15) is 6.04 Å². The third-order valence-electron chi connectivity index (χ3n) is 7.56. The summed E-state index contributed by atoms with van der Waals surface area (Å²) >= 11 is 0. The van der Waals surface area contributed by atoms with Gasteiger partial charge in [-0.1, -0.05) is 32.6 Å². The zero-order valence-corrected chi connectivity index (χ0v) is 24.3. The number of imide groups is 1. The Morgan fingerprint density at radius 1 is 1.08 bits per heavy atom. The van der Waals surface area contributed by atoms with Crippen molar-refractivity contribution in [1.82, 2.24) is 5.32 Å². The van der Waals surface area contributed by atoms with E-state index in [4.69, 9.17) is 9.47 Å². The molecule has 1 aromatic rings. The van der Waals surface area contributed by atoms with Crippen molar-refractivity contribution < 1.29 is 29.0 Å². The van der Waals surface area contributed by atoms with Crippen molar-refractivity contribution >= 4 is 35.8 Å². The first-order valence-electron chi connectivity index (χ1n) is 14.1. The van der Waals surface area contributed by atoms with Gasteiger partial charge in [0.15, 0.2) is 6.29 Å². The molecular formula is C29H48N4O6. The van der Waals surface area contributed by atoms with Crippen LogP contribution in [0.5, 0.6) is 0 Å². The number of hydrogen-bond acceptors (Lipinski definition) is 8. The van der Waals surface area contributed by atoms with Gasteiger partial charge in [0, 0.05) is 53.0 Å². The van der Waals surface area contributed by atoms with E-state index in [9.17, 15) is 19.5 Å². The second-order valence-electron chi connectivity index (χ2n) is 10.5. The second kappa shape index (κ2) is 17.1. The summed E-state index contributed by atoms with van der Waals surface area (Å²) in [6.07, 6.45) is 9.96. The highest BCUT2D eigenvalue weighted by Crippen LogP contribution is 2.35. The summed E-state index contributed by atoms with van der Waals surface area (Å²) in [4.78, 5) is 40.5. The number of piperidine rings is 1. The highest BCUT2D eigenvalue weighted by atomic mass is 16.7. The Bertz CT molecular complexity index is 881. The SMILES string of the molecule is CCCC(C(=O)NC=O)N(C=O)c1ccc(N2CCC(O)CC2)cc1N(C)C.COC(OC)C1CCCCC1. The Morgan fingerprint density at radius 2 is 1.72 bits per heavy atom. The Labute approximate surface area is 233 Å². The Balaban J connectivity index is 0.000000404. The molecular weight excluding hydrogens is 500 g/mol. The minimum atomic E-state index is -0.762. The van der Waals surface area contributed by atoms with E-state index in [1.165, 1.54) is 37.0 Å². The molecule has 39 heavy (non-hydrogen) atoms. The number of benzene rings is 1. The van der Waals surface area contributed by atoms with Gasteiger partial charge in [0.2, 0.25) is 18.7 Å². The Hall–Kier alpha value is -2.69. The van der Waals surface area contributed by atoms with Crippen molar-refractivity contribution in [2.75, 3.05) is 56.1 Å². The average molecular weight is 549 g/mol. The van der Waals surface area contributed by atoms with Gasteiger partial charge in [-0.2, -0.15) is 0 Å². The van der Waals surface area contributed by atoms with Crippen LogP contribution in [0.1, 0.15) is 64.7 Å². The minimum absolute atomic E-state index is 0.0373. The maximum atomic E-state index is 12.3. The van der Waals surface area contributed by atoms with E-state index >= 15 is 0 Å². The van der Waals surface area contributed by atoms with Crippen LogP contribution in [0, 0.1) is 5.92 Å². The zero-order chi connectivity index (χ0) is 28.8. The first-order valence-corrected chi connectivity index (χ1v) is 14.1. The minimum Gasteiger partial charge on any atom is -0.393 e. The number of carbonyl (C=O) groups is 3. The summed E-state index contributed by atoms with van der Waals surface area (Å²) in [7, 11) is 7.21. The molecule has 10 nitrogen and oxygen atoms in total. The number of carbonyl (C=O) groups excluding carboxylic acids is 3. The molecule has 1 aliphatic carbocycles. The fourth-order valence-electron chi connectivity index (χ4n) is 5.42. The molecule has 1 heterocycles. The molecule has 1 aliphatic heterocycles. The van der Waals surface area contributed by atoms with Crippen molar-refractivity contribution in [3.05, 3.63) is 18.2 Å². The molecule has 0 radical (unpaired) electrons. The summed E-state index contributed by atoms with van der Waals surface area (Å²) in [5.74, 6) is 0.140. The summed E-state index contributed by atoms with van der Waals surface area (Å²) in [6, 6.07) is 4.99. The van der Waals surface area contributed by atoms with E-state index in [0.29, 0.717) is 37.3 Å². The predicted molar refractivity (Wildman–Crippen MR) is 154 cm³/mol. The number of amides is 3. The topological polar surface area (TPSA) is 112 Å². The van der Waals surface area contributed by atoms with E-state index in [-0.39, 0.29) is 12.4 Å². The van der Waals surface area contributed by atoms with Crippen molar-refractivity contribution in [2.45, 2.75) is 83.1 Å². The number of ether oxygens (including phenoxy) is 2. The van der Waals surface area contributed by atoms with Crippen LogP contribution in [-0.4, -0.2) is 83.7 Å². The van der Waals surface area contributed by atoms with Crippen LogP contribution in [0.4, 0.5) is 17.1 Å². The van der Waals surface area contributed by atoms with Crippen LogP contribution in [0.2, 0.25) is 0 Å². The van der Waals surface area contributed by atoms with E-state index in [0.717, 1.165) is 37.3 Å². The van der Waals surface area contributed by atoms with Gasteiger partial charge in [-0.25, -0.2) is 0 Å². The van der Waals surface area contributed by atoms with Crippen LogP contribution >= 0.6 is 0 Å². The molecule has 1 unspecified atom stereocenters. The van der Waals surface area contributed by atoms with Gasteiger partial charge in [-0.3, -0.25) is 19.7 Å². The van der Waals surface area contributed by atoms with Crippen LogP contribution in [-0.2, 0) is 23.9 Å². The molecule has 0 aromatic heterocycles. The molecule has 220 valence electrons. The monoisotopic (exact) mass is 548 g/mol. The molecule has 1 saturated heterocycles. The van der Waals surface area contributed by atoms with Crippen molar-refractivity contribution in [3.63, 3.8) is 0 Å². The number of rotatable bonds is 12. The molecule has 2 aliphatic rings. The zero-order valence-electron chi connectivity index (χ0n) is 24.3. The fraction of sp³-hybridized carbons (Fsp3) is 0.690. The molecule has 1 atom stereocenters. The van der Waals surface area contributed by atoms with Gasteiger partial charge in [-0.05, 0) is 50.3 Å². The Morgan fingerprint density at radius 3 is 2.23 bits per heavy atom. The number of hydrogen-bond donors (Lipinski definition) is 2. The normalized spacial score (nSPS) is 17.2. The lowest BCUT2D eigenvalue weighted by atomic mass is 9.89. The number of nitrogens with one attached hydrogen (secondary N) is 1. The fourth-order valence-corrected chi connectivity index (χ4v) is 5.42. The third-order valence-corrected chi connectivity index (χ3v) is 7.56. The predicted octanol–water partition coefficient (Wildman–Crippen LogP) is 3.30. The summed E-state index contributed by atoms with van der Waals surface area (Å²) in [5.41, 5.74) is 2.42. The van der Waals surface area contributed by atoms with Crippen molar-refractivity contribution in [1.29, 1.82) is 0 Å². The van der Waals surface area contributed by atoms with Gasteiger partial charge in [-0.15, -0.1) is 0 Å². The highest BCUT2D eigenvalue weighted by molar-refractivity contribution is 5.98. The smallest absolute Gasteiger partial charge is 0.249 e. The molecule has 1 saturated carbocycles. The summed E-state index contributed by atoms with van der Waals surface area (Å²) < 4.78 is 10.4. The number of aliphatic hydroxyl groups excluding tert-OH is 1. The van der Waals surface area contributed by atoms with E-state index in [1.807, 2.05) is 44.1 Å². The first kappa shape index (κ1) is 32.5. The number of anilines is 3. The van der Waals surface area contributed by atoms with Crippen molar-refractivity contribution in [2.24, 2.45) is 5.92 Å².